The van der Waals surface area contributed by atoms with Gasteiger partial charge in [0.2, 0.25) is 0 Å². The summed E-state index contributed by atoms with van der Waals surface area (Å²) < 4.78 is 10.6. The van der Waals surface area contributed by atoms with Crippen LogP contribution in [0, 0.1) is 0 Å². The summed E-state index contributed by atoms with van der Waals surface area (Å²) in [4.78, 5) is 12.8. The molecular weight excluding hydrogens is 366 g/mol. The summed E-state index contributed by atoms with van der Waals surface area (Å²) in [6.45, 7) is 1.90. The maximum absolute atomic E-state index is 12.8. The molecule has 2 aromatic carbocycles. The van der Waals surface area contributed by atoms with Crippen LogP contribution in [0.25, 0.3) is 11.3 Å². The first-order valence-electron chi connectivity index (χ1n) is 8.35. The molecule has 2 N–H and O–H groups in total. The average Bonchev–Trinajstić information content (AvgIpc) is 3.17. The highest BCUT2D eigenvalue weighted by Crippen LogP contribution is 2.30. The second-order valence-electron chi connectivity index (χ2n) is 5.98. The number of hydrogen-bond donors (Lipinski definition) is 2. The number of halogens is 1. The van der Waals surface area contributed by atoms with Crippen molar-refractivity contribution in [1.82, 2.24) is 15.5 Å². The number of H-pyrrole nitrogens is 1. The topological polar surface area (TPSA) is 76.2 Å². The molecule has 0 unspecified atom stereocenters. The van der Waals surface area contributed by atoms with Gasteiger partial charge in [0.1, 0.15) is 0 Å². The fourth-order valence-electron chi connectivity index (χ4n) is 2.77. The van der Waals surface area contributed by atoms with Crippen molar-refractivity contribution >= 4 is 17.5 Å². The van der Waals surface area contributed by atoms with Crippen molar-refractivity contribution in [2.45, 2.75) is 13.0 Å². The van der Waals surface area contributed by atoms with Crippen LogP contribution in [0.1, 0.15) is 28.9 Å². The number of aromatic amines is 1. The Morgan fingerprint density at radius 2 is 1.81 bits per heavy atom. The van der Waals surface area contributed by atoms with Gasteiger partial charge in [-0.05, 0) is 36.8 Å². The maximum Gasteiger partial charge on any atom is 0.255 e. The van der Waals surface area contributed by atoms with Crippen molar-refractivity contribution in [3.63, 3.8) is 0 Å². The van der Waals surface area contributed by atoms with Gasteiger partial charge >= 0.3 is 0 Å². The lowest BCUT2D eigenvalue weighted by Crippen LogP contribution is -2.26. The summed E-state index contributed by atoms with van der Waals surface area (Å²) in [6, 6.07) is 12.5. The van der Waals surface area contributed by atoms with Crippen molar-refractivity contribution < 1.29 is 14.3 Å². The minimum Gasteiger partial charge on any atom is -0.493 e. The summed E-state index contributed by atoms with van der Waals surface area (Å²) in [5, 5.41) is 10.5. The van der Waals surface area contributed by atoms with Crippen LogP contribution in [0.15, 0.2) is 48.7 Å². The highest BCUT2D eigenvalue weighted by atomic mass is 35.5. The van der Waals surface area contributed by atoms with Gasteiger partial charge in [-0.25, -0.2) is 0 Å². The van der Waals surface area contributed by atoms with E-state index in [2.05, 4.69) is 15.5 Å². The summed E-state index contributed by atoms with van der Waals surface area (Å²) in [5.41, 5.74) is 2.84. The van der Waals surface area contributed by atoms with E-state index in [1.807, 2.05) is 37.3 Å². The van der Waals surface area contributed by atoms with Crippen molar-refractivity contribution in [3.8, 4) is 22.8 Å². The van der Waals surface area contributed by atoms with Crippen molar-refractivity contribution in [1.29, 1.82) is 0 Å². The molecule has 3 aromatic rings. The Kier molecular flexibility index (Phi) is 5.66. The Bertz CT molecular complexity index is 938. The molecule has 0 saturated carbocycles. The molecule has 0 aliphatic rings. The first-order chi connectivity index (χ1) is 13.0. The predicted molar refractivity (Wildman–Crippen MR) is 104 cm³/mol. The van der Waals surface area contributed by atoms with Crippen LogP contribution in [-0.4, -0.2) is 30.3 Å². The van der Waals surface area contributed by atoms with Crippen LogP contribution in [-0.2, 0) is 0 Å². The van der Waals surface area contributed by atoms with Crippen molar-refractivity contribution in [3.05, 3.63) is 64.8 Å². The minimum absolute atomic E-state index is 0.226. The molecule has 6 nitrogen and oxygen atoms in total. The van der Waals surface area contributed by atoms with E-state index in [0.29, 0.717) is 27.8 Å². The third kappa shape index (κ3) is 4.06. The maximum atomic E-state index is 12.8. The molecule has 7 heteroatoms. The number of amides is 1. The number of ether oxygens (including phenoxy) is 2. The summed E-state index contributed by atoms with van der Waals surface area (Å²) in [6.07, 6.45) is 1.51. The molecule has 1 aromatic heterocycles. The van der Waals surface area contributed by atoms with E-state index in [9.17, 15) is 4.79 Å². The molecule has 3 rings (SSSR count). The third-order valence-corrected chi connectivity index (χ3v) is 4.52. The van der Waals surface area contributed by atoms with Crippen LogP contribution in [0.4, 0.5) is 0 Å². The van der Waals surface area contributed by atoms with Gasteiger partial charge in [-0.1, -0.05) is 29.8 Å². The number of nitrogens with one attached hydrogen (secondary N) is 2. The van der Waals surface area contributed by atoms with Crippen LogP contribution >= 0.6 is 11.6 Å². The molecule has 1 heterocycles. The van der Waals surface area contributed by atoms with E-state index < -0.39 is 0 Å². The second-order valence-corrected chi connectivity index (χ2v) is 6.41. The van der Waals surface area contributed by atoms with E-state index in [1.165, 1.54) is 6.20 Å². The zero-order chi connectivity index (χ0) is 19.4. The molecule has 0 saturated heterocycles. The Morgan fingerprint density at radius 1 is 1.11 bits per heavy atom. The van der Waals surface area contributed by atoms with Gasteiger partial charge in [0.05, 0.1) is 37.7 Å². The zero-order valence-electron chi connectivity index (χ0n) is 15.2. The number of nitrogens with zero attached hydrogens (tertiary/aromatic N) is 1. The van der Waals surface area contributed by atoms with Gasteiger partial charge in [0.25, 0.3) is 5.91 Å². The Labute approximate surface area is 162 Å². The number of rotatable bonds is 6. The van der Waals surface area contributed by atoms with E-state index in [-0.39, 0.29) is 11.9 Å². The van der Waals surface area contributed by atoms with E-state index in [1.54, 1.807) is 26.4 Å². The number of aromatic nitrogens is 2. The third-order valence-electron chi connectivity index (χ3n) is 4.27. The molecule has 1 amide bonds. The average molecular weight is 386 g/mol. The summed E-state index contributed by atoms with van der Waals surface area (Å²) in [7, 11) is 3.16. The van der Waals surface area contributed by atoms with Crippen LogP contribution < -0.4 is 14.8 Å². The number of hydrogen-bond acceptors (Lipinski definition) is 4. The normalized spacial score (nSPS) is 11.7. The summed E-state index contributed by atoms with van der Waals surface area (Å²) in [5.74, 6) is 1.02. The zero-order valence-corrected chi connectivity index (χ0v) is 16.0. The fraction of sp³-hybridized carbons (Fsp3) is 0.200. The summed E-state index contributed by atoms with van der Waals surface area (Å²) >= 11 is 5.93. The lowest BCUT2D eigenvalue weighted by molar-refractivity contribution is 0.0940. The molecule has 1 atom stereocenters. The highest BCUT2D eigenvalue weighted by molar-refractivity contribution is 6.30. The number of carbonyl (C=O) groups excluding carboxylic acids is 1. The molecule has 140 valence electrons. The minimum atomic E-state index is -0.231. The van der Waals surface area contributed by atoms with Crippen LogP contribution in [0.3, 0.4) is 0 Å². The number of carbonyl (C=O) groups is 1. The molecule has 0 spiro atoms. The number of benzene rings is 2. The van der Waals surface area contributed by atoms with E-state index in [0.717, 1.165) is 11.1 Å². The smallest absolute Gasteiger partial charge is 0.255 e. The van der Waals surface area contributed by atoms with E-state index in [4.69, 9.17) is 21.1 Å². The molecule has 0 aliphatic heterocycles. The quantitative estimate of drug-likeness (QED) is 0.665. The standard InChI is InChI=1S/C20H20ClN3O3/c1-12(14-6-9-17(26-2)18(10-14)27-3)23-20(25)16-11-22-24-19(16)13-4-7-15(21)8-5-13/h4-12H,1-3H3,(H,22,24)(H,23,25)/t12-/m0/s1. The molecule has 0 bridgehead atoms. The number of methoxy groups -OCH3 is 2. The van der Waals surface area contributed by atoms with Gasteiger partial charge in [-0.2, -0.15) is 5.10 Å². The van der Waals surface area contributed by atoms with Crippen LogP contribution in [0.2, 0.25) is 5.02 Å². The molecule has 0 fully saturated rings. The predicted octanol–water partition coefficient (Wildman–Crippen LogP) is 4.24. The lowest BCUT2D eigenvalue weighted by Gasteiger charge is -2.16. The van der Waals surface area contributed by atoms with Crippen molar-refractivity contribution in [2.24, 2.45) is 0 Å². The van der Waals surface area contributed by atoms with Gasteiger partial charge in [0, 0.05) is 10.6 Å². The molecule has 0 aliphatic carbocycles. The van der Waals surface area contributed by atoms with Gasteiger partial charge in [-0.3, -0.25) is 9.89 Å². The van der Waals surface area contributed by atoms with Crippen molar-refractivity contribution in [2.75, 3.05) is 14.2 Å². The fourth-order valence-corrected chi connectivity index (χ4v) is 2.90. The lowest BCUT2D eigenvalue weighted by atomic mass is 10.1. The first kappa shape index (κ1) is 18.8. The van der Waals surface area contributed by atoms with Gasteiger partial charge in [-0.15, -0.1) is 0 Å². The van der Waals surface area contributed by atoms with Crippen LogP contribution in [0.5, 0.6) is 11.5 Å². The molecule has 27 heavy (non-hydrogen) atoms. The van der Waals surface area contributed by atoms with Gasteiger partial charge < -0.3 is 14.8 Å². The molecule has 0 radical (unpaired) electrons. The highest BCUT2D eigenvalue weighted by Gasteiger charge is 2.18. The van der Waals surface area contributed by atoms with E-state index >= 15 is 0 Å². The van der Waals surface area contributed by atoms with Gasteiger partial charge in [0.15, 0.2) is 11.5 Å². The second kappa shape index (κ2) is 8.14. The molecular formula is C20H20ClN3O3. The Morgan fingerprint density at radius 3 is 2.48 bits per heavy atom. The monoisotopic (exact) mass is 385 g/mol. The first-order valence-corrected chi connectivity index (χ1v) is 8.73. The SMILES string of the molecule is COc1ccc([C@H](C)NC(=O)c2cn[nH]c2-c2ccc(Cl)cc2)cc1OC. The Hall–Kier alpha value is -2.99. The largest absolute Gasteiger partial charge is 0.493 e. The Balaban J connectivity index is 1.80.